The molecule has 0 aliphatic carbocycles. The fraction of sp³-hybridized carbons (Fsp3) is 0.345. The van der Waals surface area contributed by atoms with Gasteiger partial charge in [-0.25, -0.2) is 0 Å². The van der Waals surface area contributed by atoms with Crippen LogP contribution in [0.4, 0.5) is 0 Å². The fourth-order valence-electron chi connectivity index (χ4n) is 6.78. The molecular weight excluding hydrogens is 422 g/mol. The summed E-state index contributed by atoms with van der Waals surface area (Å²) in [6.07, 6.45) is 1.19. The van der Waals surface area contributed by atoms with Crippen LogP contribution in [-0.4, -0.2) is 43.0 Å². The Hall–Kier alpha value is -3.15. The first-order valence-corrected chi connectivity index (χ1v) is 12.1. The number of hydrogen-bond donors (Lipinski definition) is 1. The van der Waals surface area contributed by atoms with Gasteiger partial charge in [-0.3, -0.25) is 4.90 Å². The van der Waals surface area contributed by atoms with Gasteiger partial charge < -0.3 is 14.6 Å². The summed E-state index contributed by atoms with van der Waals surface area (Å²) >= 11 is 0. The molecule has 1 N–H and O–H groups in total. The van der Waals surface area contributed by atoms with E-state index in [-0.39, 0.29) is 17.5 Å². The van der Waals surface area contributed by atoms with E-state index in [4.69, 9.17) is 9.26 Å². The maximum Gasteiger partial charge on any atom is 0.170 e. The van der Waals surface area contributed by atoms with Gasteiger partial charge in [-0.2, -0.15) is 0 Å². The third kappa shape index (κ3) is 3.04. The summed E-state index contributed by atoms with van der Waals surface area (Å²) in [5, 5.41) is 9.18. The van der Waals surface area contributed by atoms with Gasteiger partial charge in [-0.05, 0) is 43.5 Å². The lowest BCUT2D eigenvalue weighted by Crippen LogP contribution is -2.62. The number of likely N-dealkylation sites (N-methyl/N-ethyl adjacent to an activating group) is 1. The molecule has 0 saturated carbocycles. The Morgan fingerprint density at radius 3 is 2.35 bits per heavy atom. The molecule has 0 amide bonds. The Morgan fingerprint density at radius 1 is 1.06 bits per heavy atom. The largest absolute Gasteiger partial charge is 0.496 e. The summed E-state index contributed by atoms with van der Waals surface area (Å²) in [6.45, 7) is 4.18. The molecule has 2 aliphatic heterocycles. The van der Waals surface area contributed by atoms with Crippen molar-refractivity contribution in [2.45, 2.75) is 30.8 Å². The Balaban J connectivity index is 1.61. The number of hydrogen-bond acceptors (Lipinski definition) is 5. The Morgan fingerprint density at radius 2 is 1.74 bits per heavy atom. The van der Waals surface area contributed by atoms with Crippen molar-refractivity contribution in [1.29, 1.82) is 0 Å². The average Bonchev–Trinajstić information content (AvgIpc) is 3.59. The van der Waals surface area contributed by atoms with E-state index in [2.05, 4.69) is 89.2 Å². The van der Waals surface area contributed by atoms with Crippen LogP contribution < -0.4 is 10.1 Å². The van der Waals surface area contributed by atoms with Crippen LogP contribution in [-0.2, 0) is 0 Å². The molecule has 0 spiro atoms. The first kappa shape index (κ1) is 21.4. The predicted octanol–water partition coefficient (Wildman–Crippen LogP) is 5.31. The number of aryl methyl sites for hydroxylation is 1. The van der Waals surface area contributed by atoms with Crippen LogP contribution in [0.25, 0.3) is 11.0 Å². The number of nitrogens with zero attached hydrogens (tertiary/aromatic N) is 2. The molecule has 4 aromatic rings. The highest BCUT2D eigenvalue weighted by Gasteiger charge is 2.61. The van der Waals surface area contributed by atoms with Crippen LogP contribution in [0.1, 0.15) is 40.6 Å². The molecule has 4 unspecified atom stereocenters. The highest BCUT2D eigenvalue weighted by atomic mass is 16.5. The van der Waals surface area contributed by atoms with Gasteiger partial charge in [0.1, 0.15) is 5.75 Å². The summed E-state index contributed by atoms with van der Waals surface area (Å²) in [5.41, 5.74) is 5.28. The van der Waals surface area contributed by atoms with E-state index in [1.165, 1.54) is 23.1 Å². The fourth-order valence-corrected chi connectivity index (χ4v) is 6.78. The summed E-state index contributed by atoms with van der Waals surface area (Å²) in [5.74, 6) is 1.81. The number of benzene rings is 3. The van der Waals surface area contributed by atoms with E-state index in [9.17, 15) is 0 Å². The number of fused-ring (bicyclic) bond motifs is 3. The minimum Gasteiger partial charge on any atom is -0.496 e. The SMILES string of the molecule is CNC1(C(c2ccccc2)c2ccccc2)C(c2cc3c(C)noc3cc2OC)C2CCN1C2. The minimum atomic E-state index is -0.294. The third-order valence-corrected chi connectivity index (χ3v) is 8.14. The van der Waals surface area contributed by atoms with Crippen LogP contribution in [0.5, 0.6) is 5.75 Å². The smallest absolute Gasteiger partial charge is 0.170 e. The molecule has 4 atom stereocenters. The van der Waals surface area contributed by atoms with E-state index >= 15 is 0 Å². The average molecular weight is 454 g/mol. The van der Waals surface area contributed by atoms with Crippen molar-refractivity contribution in [3.05, 3.63) is 95.2 Å². The molecule has 3 heterocycles. The maximum atomic E-state index is 5.98. The van der Waals surface area contributed by atoms with Gasteiger partial charge >= 0.3 is 0 Å². The van der Waals surface area contributed by atoms with Gasteiger partial charge in [-0.15, -0.1) is 0 Å². The number of piperidine rings is 1. The number of nitrogens with one attached hydrogen (secondary N) is 1. The quantitative estimate of drug-likeness (QED) is 0.429. The van der Waals surface area contributed by atoms with E-state index in [0.29, 0.717) is 5.92 Å². The van der Waals surface area contributed by atoms with E-state index in [1.54, 1.807) is 7.11 Å². The van der Waals surface area contributed by atoms with E-state index < -0.39 is 0 Å². The van der Waals surface area contributed by atoms with Crippen molar-refractivity contribution in [2.75, 3.05) is 27.2 Å². The Kier molecular flexibility index (Phi) is 5.19. The number of methoxy groups -OCH3 is 1. The molecule has 174 valence electrons. The van der Waals surface area contributed by atoms with Crippen LogP contribution in [0.15, 0.2) is 77.3 Å². The number of ether oxygens (including phenoxy) is 1. The zero-order valence-corrected chi connectivity index (χ0v) is 20.0. The molecule has 2 fully saturated rings. The van der Waals surface area contributed by atoms with Crippen molar-refractivity contribution in [1.82, 2.24) is 15.4 Å². The number of aromatic nitrogens is 1. The van der Waals surface area contributed by atoms with Gasteiger partial charge in [0.2, 0.25) is 0 Å². The summed E-state index contributed by atoms with van der Waals surface area (Å²) in [7, 11) is 3.89. The first-order chi connectivity index (χ1) is 16.7. The molecule has 6 rings (SSSR count). The van der Waals surface area contributed by atoms with Gasteiger partial charge in [0.25, 0.3) is 0 Å². The molecule has 0 radical (unpaired) electrons. The van der Waals surface area contributed by atoms with Crippen molar-refractivity contribution < 1.29 is 9.26 Å². The number of rotatable bonds is 6. The Bertz CT molecular complexity index is 1260. The van der Waals surface area contributed by atoms with Crippen LogP contribution in [0.3, 0.4) is 0 Å². The van der Waals surface area contributed by atoms with Crippen molar-refractivity contribution >= 4 is 11.0 Å². The van der Waals surface area contributed by atoms with Gasteiger partial charge in [0.05, 0.1) is 18.5 Å². The molecule has 2 aliphatic rings. The van der Waals surface area contributed by atoms with E-state index in [0.717, 1.165) is 35.5 Å². The second-order valence-corrected chi connectivity index (χ2v) is 9.66. The molecule has 34 heavy (non-hydrogen) atoms. The van der Waals surface area contributed by atoms with Crippen LogP contribution in [0, 0.1) is 12.8 Å². The molecular formula is C29H31N3O2. The zero-order chi connectivity index (χ0) is 23.3. The maximum absolute atomic E-state index is 5.98. The van der Waals surface area contributed by atoms with Gasteiger partial charge in [0.15, 0.2) is 5.58 Å². The standard InChI is InChI=1S/C29H31N3O2/c1-19-23-16-24(25(33-3)17-26(23)34-31-19)28-22-14-15-32(18-22)29(28,30-2)27(20-10-6-4-7-11-20)21-12-8-5-9-13-21/h4-13,16-17,22,27-28,30H,14-15,18H2,1-3H3. The van der Waals surface area contributed by atoms with Crippen molar-refractivity contribution in [2.24, 2.45) is 5.92 Å². The molecule has 1 aromatic heterocycles. The second-order valence-electron chi connectivity index (χ2n) is 9.66. The predicted molar refractivity (Wildman–Crippen MR) is 134 cm³/mol. The van der Waals surface area contributed by atoms with Crippen LogP contribution in [0.2, 0.25) is 0 Å². The second kappa shape index (κ2) is 8.26. The topological polar surface area (TPSA) is 50.5 Å². The third-order valence-electron chi connectivity index (χ3n) is 8.14. The van der Waals surface area contributed by atoms with Crippen LogP contribution >= 0.6 is 0 Å². The molecule has 2 saturated heterocycles. The normalized spacial score (nSPS) is 25.9. The lowest BCUT2D eigenvalue weighted by atomic mass is 9.67. The van der Waals surface area contributed by atoms with Gasteiger partial charge in [0, 0.05) is 41.9 Å². The summed E-state index contributed by atoms with van der Waals surface area (Å²) in [4.78, 5) is 2.68. The summed E-state index contributed by atoms with van der Waals surface area (Å²) in [6, 6.07) is 26.2. The zero-order valence-electron chi connectivity index (χ0n) is 20.0. The Labute approximate surface area is 200 Å². The highest BCUT2D eigenvalue weighted by Crippen LogP contribution is 2.58. The van der Waals surface area contributed by atoms with Crippen molar-refractivity contribution in [3.63, 3.8) is 0 Å². The monoisotopic (exact) mass is 453 g/mol. The molecule has 2 bridgehead atoms. The molecule has 3 aromatic carbocycles. The molecule has 5 nitrogen and oxygen atoms in total. The minimum absolute atomic E-state index is 0.152. The molecule has 5 heteroatoms. The van der Waals surface area contributed by atoms with E-state index in [1.807, 2.05) is 13.0 Å². The first-order valence-electron chi connectivity index (χ1n) is 12.1. The lowest BCUT2D eigenvalue weighted by Gasteiger charge is -2.51. The highest BCUT2D eigenvalue weighted by molar-refractivity contribution is 5.82. The van der Waals surface area contributed by atoms with Gasteiger partial charge in [-0.1, -0.05) is 65.8 Å². The van der Waals surface area contributed by atoms with Crippen molar-refractivity contribution in [3.8, 4) is 5.75 Å². The summed E-state index contributed by atoms with van der Waals surface area (Å²) < 4.78 is 11.6. The lowest BCUT2D eigenvalue weighted by molar-refractivity contribution is 0.0622.